The van der Waals surface area contributed by atoms with Gasteiger partial charge in [0.2, 0.25) is 17.6 Å². The molecule has 0 bridgehead atoms. The van der Waals surface area contributed by atoms with Crippen molar-refractivity contribution in [2.75, 3.05) is 0 Å². The van der Waals surface area contributed by atoms with Gasteiger partial charge in [0.05, 0.1) is 0 Å². The minimum Gasteiger partial charge on any atom is -0.366 e. The van der Waals surface area contributed by atoms with E-state index in [9.17, 15) is 9.59 Å². The van der Waals surface area contributed by atoms with Crippen LogP contribution < -0.4 is 11.1 Å². The first-order valence-electron chi connectivity index (χ1n) is 8.50. The first kappa shape index (κ1) is 17.1. The van der Waals surface area contributed by atoms with Gasteiger partial charge in [-0.1, -0.05) is 31.9 Å². The van der Waals surface area contributed by atoms with Gasteiger partial charge < -0.3 is 11.1 Å². The molecule has 0 spiro atoms. The monoisotopic (exact) mass is 342 g/mol. The lowest BCUT2D eigenvalue weighted by Gasteiger charge is -2.29. The van der Waals surface area contributed by atoms with Crippen molar-refractivity contribution in [1.29, 1.82) is 0 Å². The second-order valence-corrected chi connectivity index (χ2v) is 6.52. The molecule has 25 heavy (non-hydrogen) atoms. The molecular formula is C17H22N6O2. The number of primary amides is 1. The van der Waals surface area contributed by atoms with Crippen molar-refractivity contribution in [3.63, 3.8) is 0 Å². The Morgan fingerprint density at radius 2 is 1.96 bits per heavy atom. The fraction of sp³-hybridized carbons (Fsp3) is 0.471. The molecule has 0 saturated heterocycles. The van der Waals surface area contributed by atoms with Crippen LogP contribution in [-0.2, 0) is 11.3 Å². The number of rotatable bonds is 5. The molecule has 1 aromatic carbocycles. The molecule has 1 heterocycles. The molecule has 0 unspecified atom stereocenters. The van der Waals surface area contributed by atoms with Gasteiger partial charge in [-0.05, 0) is 36.1 Å². The molecule has 1 fully saturated rings. The van der Waals surface area contributed by atoms with E-state index in [-0.39, 0.29) is 18.5 Å². The third-order valence-corrected chi connectivity index (χ3v) is 4.62. The van der Waals surface area contributed by atoms with Gasteiger partial charge in [-0.15, -0.1) is 10.2 Å². The Balaban J connectivity index is 1.61. The predicted octanol–water partition coefficient (Wildman–Crippen LogP) is 1.13. The van der Waals surface area contributed by atoms with E-state index < -0.39 is 5.91 Å². The van der Waals surface area contributed by atoms with Crippen molar-refractivity contribution in [3.8, 4) is 11.4 Å². The molecule has 3 rings (SSSR count). The third kappa shape index (κ3) is 4.20. The number of benzene rings is 1. The number of hydrogen-bond acceptors (Lipinski definition) is 5. The average Bonchev–Trinajstić information content (AvgIpc) is 3.05. The Hall–Kier alpha value is -2.77. The van der Waals surface area contributed by atoms with Crippen LogP contribution >= 0.6 is 0 Å². The van der Waals surface area contributed by atoms with Gasteiger partial charge in [0, 0.05) is 17.2 Å². The average molecular weight is 342 g/mol. The van der Waals surface area contributed by atoms with Crippen LogP contribution in [0.5, 0.6) is 0 Å². The smallest absolute Gasteiger partial charge is 0.248 e. The molecule has 2 aromatic rings. The van der Waals surface area contributed by atoms with Gasteiger partial charge >= 0.3 is 0 Å². The van der Waals surface area contributed by atoms with E-state index in [1.54, 1.807) is 24.3 Å². The van der Waals surface area contributed by atoms with Crippen molar-refractivity contribution < 1.29 is 9.59 Å². The van der Waals surface area contributed by atoms with Gasteiger partial charge in [0.1, 0.15) is 6.54 Å². The van der Waals surface area contributed by atoms with Gasteiger partial charge in [-0.2, -0.15) is 4.80 Å². The molecule has 2 atom stereocenters. The summed E-state index contributed by atoms with van der Waals surface area (Å²) in [6.07, 6.45) is 4.56. The van der Waals surface area contributed by atoms with Crippen molar-refractivity contribution >= 4 is 11.8 Å². The second-order valence-electron chi connectivity index (χ2n) is 6.52. The molecule has 8 nitrogen and oxygen atoms in total. The quantitative estimate of drug-likeness (QED) is 0.845. The third-order valence-electron chi connectivity index (χ3n) is 4.62. The minimum absolute atomic E-state index is 0.0373. The Morgan fingerprint density at radius 1 is 1.24 bits per heavy atom. The normalized spacial score (nSPS) is 20.2. The highest BCUT2D eigenvalue weighted by atomic mass is 16.2. The summed E-state index contributed by atoms with van der Waals surface area (Å²) in [4.78, 5) is 24.6. The fourth-order valence-corrected chi connectivity index (χ4v) is 3.12. The first-order chi connectivity index (χ1) is 12.0. The second kappa shape index (κ2) is 7.42. The molecule has 2 amide bonds. The van der Waals surface area contributed by atoms with Crippen LogP contribution in [0.2, 0.25) is 0 Å². The Kier molecular flexibility index (Phi) is 5.06. The van der Waals surface area contributed by atoms with Crippen LogP contribution in [-0.4, -0.2) is 38.1 Å². The van der Waals surface area contributed by atoms with Crippen molar-refractivity contribution in [2.24, 2.45) is 11.7 Å². The van der Waals surface area contributed by atoms with E-state index >= 15 is 0 Å². The zero-order valence-corrected chi connectivity index (χ0v) is 14.2. The Labute approximate surface area is 145 Å². The summed E-state index contributed by atoms with van der Waals surface area (Å²) in [5.74, 6) is 0.305. The van der Waals surface area contributed by atoms with E-state index in [4.69, 9.17) is 5.73 Å². The summed E-state index contributed by atoms with van der Waals surface area (Å²) >= 11 is 0. The molecule has 1 saturated carbocycles. The minimum atomic E-state index is -0.489. The van der Waals surface area contributed by atoms with Crippen molar-refractivity contribution in [3.05, 3.63) is 29.8 Å². The number of carbonyl (C=O) groups excluding carboxylic acids is 2. The van der Waals surface area contributed by atoms with E-state index in [1.165, 1.54) is 11.2 Å². The number of aromatic nitrogens is 4. The molecule has 8 heteroatoms. The molecule has 3 N–H and O–H groups in total. The molecule has 1 aliphatic carbocycles. The number of carbonyl (C=O) groups is 2. The van der Waals surface area contributed by atoms with Crippen LogP contribution in [0.15, 0.2) is 24.3 Å². The SMILES string of the molecule is C[C@@H]1CCCC[C@H]1NC(=O)Cn1nnc(-c2ccc(C(N)=O)cc2)n1. The van der Waals surface area contributed by atoms with Gasteiger partial charge in [0.15, 0.2) is 0 Å². The summed E-state index contributed by atoms with van der Waals surface area (Å²) in [7, 11) is 0. The standard InChI is InChI=1S/C17H22N6O2/c1-11-4-2-3-5-14(11)19-15(24)10-23-21-17(20-22-23)13-8-6-12(7-9-13)16(18)25/h6-9,11,14H,2-5,10H2,1H3,(H2,18,25)(H,19,24)/t11-,14-/m1/s1. The van der Waals surface area contributed by atoms with Crippen LogP contribution in [0.25, 0.3) is 11.4 Å². The molecule has 1 aromatic heterocycles. The zero-order chi connectivity index (χ0) is 17.8. The van der Waals surface area contributed by atoms with Crippen LogP contribution in [0, 0.1) is 5.92 Å². The summed E-state index contributed by atoms with van der Waals surface area (Å²) in [5.41, 5.74) is 6.34. The summed E-state index contributed by atoms with van der Waals surface area (Å²) in [5, 5.41) is 15.2. The summed E-state index contributed by atoms with van der Waals surface area (Å²) < 4.78 is 0. The van der Waals surface area contributed by atoms with Crippen LogP contribution in [0.1, 0.15) is 43.0 Å². The van der Waals surface area contributed by atoms with E-state index in [0.717, 1.165) is 19.3 Å². The largest absolute Gasteiger partial charge is 0.366 e. The molecule has 0 radical (unpaired) electrons. The van der Waals surface area contributed by atoms with Gasteiger partial charge in [-0.25, -0.2) is 0 Å². The Bertz CT molecular complexity index is 755. The summed E-state index contributed by atoms with van der Waals surface area (Å²) in [6.45, 7) is 2.21. The molecule has 1 aliphatic rings. The number of amides is 2. The number of nitrogens with zero attached hydrogens (tertiary/aromatic N) is 4. The first-order valence-corrected chi connectivity index (χ1v) is 8.50. The van der Waals surface area contributed by atoms with E-state index in [0.29, 0.717) is 22.9 Å². The zero-order valence-electron chi connectivity index (χ0n) is 14.2. The maximum Gasteiger partial charge on any atom is 0.248 e. The lowest BCUT2D eigenvalue weighted by molar-refractivity contribution is -0.123. The number of tetrazole rings is 1. The topological polar surface area (TPSA) is 116 Å². The highest BCUT2D eigenvalue weighted by Crippen LogP contribution is 2.23. The fourth-order valence-electron chi connectivity index (χ4n) is 3.12. The predicted molar refractivity (Wildman–Crippen MR) is 91.3 cm³/mol. The van der Waals surface area contributed by atoms with Crippen LogP contribution in [0.4, 0.5) is 0 Å². The Morgan fingerprint density at radius 3 is 2.64 bits per heavy atom. The number of hydrogen-bond donors (Lipinski definition) is 2. The molecular weight excluding hydrogens is 320 g/mol. The van der Waals surface area contributed by atoms with Crippen molar-refractivity contribution in [2.45, 2.75) is 45.2 Å². The van der Waals surface area contributed by atoms with Crippen LogP contribution in [0.3, 0.4) is 0 Å². The van der Waals surface area contributed by atoms with Gasteiger partial charge in [-0.3, -0.25) is 9.59 Å². The van der Waals surface area contributed by atoms with E-state index in [1.807, 2.05) is 0 Å². The highest BCUT2D eigenvalue weighted by molar-refractivity contribution is 5.93. The maximum atomic E-state index is 12.2. The van der Waals surface area contributed by atoms with Crippen molar-refractivity contribution in [1.82, 2.24) is 25.5 Å². The van der Waals surface area contributed by atoms with Gasteiger partial charge in [0.25, 0.3) is 0 Å². The lowest BCUT2D eigenvalue weighted by Crippen LogP contribution is -2.42. The number of nitrogens with two attached hydrogens (primary N) is 1. The van der Waals surface area contributed by atoms with E-state index in [2.05, 4.69) is 27.7 Å². The number of nitrogens with one attached hydrogen (secondary N) is 1. The maximum absolute atomic E-state index is 12.2. The molecule has 132 valence electrons. The molecule has 0 aliphatic heterocycles. The summed E-state index contributed by atoms with van der Waals surface area (Å²) in [6, 6.07) is 6.84. The lowest BCUT2D eigenvalue weighted by atomic mass is 9.86. The highest BCUT2D eigenvalue weighted by Gasteiger charge is 2.23.